The van der Waals surface area contributed by atoms with Gasteiger partial charge in [-0.3, -0.25) is 9.36 Å². The third kappa shape index (κ3) is 4.19. The van der Waals surface area contributed by atoms with E-state index in [2.05, 4.69) is 46.5 Å². The van der Waals surface area contributed by atoms with E-state index >= 15 is 0 Å². The number of fused-ring (bicyclic) bond motifs is 1. The van der Waals surface area contributed by atoms with E-state index in [0.717, 1.165) is 31.2 Å². The lowest BCUT2D eigenvalue weighted by atomic mass is 9.80. The molecule has 5 nitrogen and oxygen atoms in total. The molecule has 30 heavy (non-hydrogen) atoms. The van der Waals surface area contributed by atoms with Crippen molar-refractivity contribution in [2.45, 2.75) is 57.9 Å². The SMILES string of the molecule is CC1CCC(c2ccn(-c3ccc4c(c3)CN(CCN3CCCC3)N4)c(=O)c2)CC1. The highest BCUT2D eigenvalue weighted by Gasteiger charge is 2.22. The van der Waals surface area contributed by atoms with Crippen molar-refractivity contribution in [3.63, 3.8) is 0 Å². The molecule has 0 unspecified atom stereocenters. The second kappa shape index (κ2) is 8.56. The number of anilines is 1. The first-order valence-electron chi connectivity index (χ1n) is 11.8. The van der Waals surface area contributed by atoms with Crippen molar-refractivity contribution in [1.82, 2.24) is 14.5 Å². The van der Waals surface area contributed by atoms with Crippen LogP contribution in [-0.2, 0) is 6.54 Å². The standard InChI is InChI=1S/C25H34N4O/c1-19-4-6-20(7-5-19)21-10-13-29(25(30)17-21)23-8-9-24-22(16-23)18-28(26-24)15-14-27-11-2-3-12-27/h8-10,13,16-17,19-20,26H,2-7,11-12,14-15,18H2,1H3. The fraction of sp³-hybridized carbons (Fsp3) is 0.560. The molecule has 160 valence electrons. The molecule has 5 heteroatoms. The van der Waals surface area contributed by atoms with Crippen LogP contribution in [0.1, 0.15) is 62.5 Å². The Bertz CT molecular complexity index is 938. The number of aromatic nitrogens is 1. The van der Waals surface area contributed by atoms with Crippen LogP contribution in [0.25, 0.3) is 5.69 Å². The van der Waals surface area contributed by atoms with Crippen LogP contribution >= 0.6 is 0 Å². The molecule has 3 heterocycles. The van der Waals surface area contributed by atoms with Gasteiger partial charge in [-0.25, -0.2) is 5.01 Å². The summed E-state index contributed by atoms with van der Waals surface area (Å²) in [7, 11) is 0. The average Bonchev–Trinajstić information content (AvgIpc) is 3.41. The molecule has 0 radical (unpaired) electrons. The van der Waals surface area contributed by atoms with Gasteiger partial charge in [-0.05, 0) is 86.0 Å². The molecule has 5 rings (SSSR count). The second-order valence-electron chi connectivity index (χ2n) is 9.55. The van der Waals surface area contributed by atoms with E-state index in [1.165, 1.54) is 68.4 Å². The van der Waals surface area contributed by atoms with Crippen molar-refractivity contribution in [3.05, 3.63) is 58.0 Å². The van der Waals surface area contributed by atoms with E-state index in [1.807, 2.05) is 12.3 Å². The fourth-order valence-corrected chi connectivity index (χ4v) is 5.34. The minimum atomic E-state index is 0.0860. The van der Waals surface area contributed by atoms with Gasteiger partial charge in [-0.1, -0.05) is 19.8 Å². The van der Waals surface area contributed by atoms with Gasteiger partial charge in [0.25, 0.3) is 5.56 Å². The normalized spacial score (nSPS) is 24.7. The summed E-state index contributed by atoms with van der Waals surface area (Å²) in [4.78, 5) is 15.4. The molecule has 0 atom stereocenters. The van der Waals surface area contributed by atoms with Crippen LogP contribution < -0.4 is 11.0 Å². The van der Waals surface area contributed by atoms with Crippen molar-refractivity contribution >= 4 is 5.69 Å². The molecule has 1 N–H and O–H groups in total. The largest absolute Gasteiger partial charge is 0.318 e. The van der Waals surface area contributed by atoms with Crippen LogP contribution in [0.5, 0.6) is 0 Å². The molecule has 1 saturated carbocycles. The third-order valence-corrected chi connectivity index (χ3v) is 7.32. The van der Waals surface area contributed by atoms with Gasteiger partial charge in [0.05, 0.1) is 5.69 Å². The Kier molecular flexibility index (Phi) is 5.66. The van der Waals surface area contributed by atoms with Gasteiger partial charge >= 0.3 is 0 Å². The number of hydrogen-bond acceptors (Lipinski definition) is 4. The zero-order valence-corrected chi connectivity index (χ0v) is 18.1. The lowest BCUT2D eigenvalue weighted by Gasteiger charge is -2.26. The van der Waals surface area contributed by atoms with Crippen LogP contribution in [0.2, 0.25) is 0 Å². The topological polar surface area (TPSA) is 40.5 Å². The average molecular weight is 407 g/mol. The molecule has 0 bridgehead atoms. The maximum atomic E-state index is 12.9. The highest BCUT2D eigenvalue weighted by Crippen LogP contribution is 2.35. The van der Waals surface area contributed by atoms with E-state index in [4.69, 9.17) is 0 Å². The van der Waals surface area contributed by atoms with Crippen LogP contribution in [0.3, 0.4) is 0 Å². The first kappa shape index (κ1) is 19.8. The summed E-state index contributed by atoms with van der Waals surface area (Å²) >= 11 is 0. The van der Waals surface area contributed by atoms with Gasteiger partial charge in [0.2, 0.25) is 0 Å². The minimum Gasteiger partial charge on any atom is -0.318 e. The summed E-state index contributed by atoms with van der Waals surface area (Å²) in [5.41, 5.74) is 8.24. The first-order chi connectivity index (χ1) is 14.7. The second-order valence-corrected chi connectivity index (χ2v) is 9.55. The van der Waals surface area contributed by atoms with Gasteiger partial charge in [0.1, 0.15) is 0 Å². The Balaban J connectivity index is 1.27. The van der Waals surface area contributed by atoms with Gasteiger partial charge in [0, 0.05) is 37.6 Å². The zero-order chi connectivity index (χ0) is 20.5. The molecular weight excluding hydrogens is 372 g/mol. The molecule has 0 amide bonds. The van der Waals surface area contributed by atoms with E-state index in [0.29, 0.717) is 5.92 Å². The number of pyridine rings is 1. The van der Waals surface area contributed by atoms with Crippen molar-refractivity contribution in [2.75, 3.05) is 31.6 Å². The number of hydrazine groups is 1. The van der Waals surface area contributed by atoms with Crippen LogP contribution in [0.4, 0.5) is 5.69 Å². The minimum absolute atomic E-state index is 0.0860. The third-order valence-electron chi connectivity index (χ3n) is 7.32. The summed E-state index contributed by atoms with van der Waals surface area (Å²) in [5.74, 6) is 1.38. The van der Waals surface area contributed by atoms with E-state index in [-0.39, 0.29) is 5.56 Å². The molecule has 1 aromatic heterocycles. The Labute approximate surface area is 179 Å². The number of likely N-dealkylation sites (tertiary alicyclic amines) is 1. The highest BCUT2D eigenvalue weighted by atomic mass is 16.1. The Hall–Kier alpha value is -2.11. The number of nitrogens with one attached hydrogen (secondary N) is 1. The monoisotopic (exact) mass is 406 g/mol. The van der Waals surface area contributed by atoms with Crippen LogP contribution in [0.15, 0.2) is 41.3 Å². The van der Waals surface area contributed by atoms with Gasteiger partial charge < -0.3 is 10.3 Å². The lowest BCUT2D eigenvalue weighted by molar-refractivity contribution is 0.259. The Morgan fingerprint density at radius 1 is 1.00 bits per heavy atom. The fourth-order valence-electron chi connectivity index (χ4n) is 5.34. The van der Waals surface area contributed by atoms with Gasteiger partial charge in [0.15, 0.2) is 0 Å². The van der Waals surface area contributed by atoms with Crippen LogP contribution in [-0.4, -0.2) is 40.7 Å². The smallest absolute Gasteiger partial charge is 0.255 e. The summed E-state index contributed by atoms with van der Waals surface area (Å²) < 4.78 is 1.79. The molecule has 2 aliphatic heterocycles. The van der Waals surface area contributed by atoms with Crippen molar-refractivity contribution in [2.24, 2.45) is 5.92 Å². The Morgan fingerprint density at radius 3 is 2.57 bits per heavy atom. The predicted molar refractivity (Wildman–Crippen MR) is 122 cm³/mol. The summed E-state index contributed by atoms with van der Waals surface area (Å²) in [6.07, 6.45) is 9.63. The van der Waals surface area contributed by atoms with Gasteiger partial charge in [-0.15, -0.1) is 0 Å². The zero-order valence-electron chi connectivity index (χ0n) is 18.1. The van der Waals surface area contributed by atoms with Crippen molar-refractivity contribution < 1.29 is 0 Å². The van der Waals surface area contributed by atoms with Crippen molar-refractivity contribution in [1.29, 1.82) is 0 Å². The summed E-state index contributed by atoms with van der Waals surface area (Å²) in [6, 6.07) is 10.4. The molecule has 1 aromatic carbocycles. The molecule has 0 spiro atoms. The maximum absolute atomic E-state index is 12.9. The molecule has 1 saturated heterocycles. The molecular formula is C25H34N4O. The van der Waals surface area contributed by atoms with E-state index in [1.54, 1.807) is 4.57 Å². The first-order valence-corrected chi connectivity index (χ1v) is 11.8. The maximum Gasteiger partial charge on any atom is 0.255 e. The summed E-state index contributed by atoms with van der Waals surface area (Å²) in [6.45, 7) is 7.86. The molecule has 2 aromatic rings. The summed E-state index contributed by atoms with van der Waals surface area (Å²) in [5, 5.41) is 2.29. The Morgan fingerprint density at radius 2 is 1.80 bits per heavy atom. The predicted octanol–water partition coefficient (Wildman–Crippen LogP) is 4.37. The van der Waals surface area contributed by atoms with Crippen molar-refractivity contribution in [3.8, 4) is 5.69 Å². The molecule has 2 fully saturated rings. The molecule has 1 aliphatic carbocycles. The van der Waals surface area contributed by atoms with Crippen LogP contribution in [0, 0.1) is 5.92 Å². The highest BCUT2D eigenvalue weighted by molar-refractivity contribution is 5.58. The quantitative estimate of drug-likeness (QED) is 0.801. The number of hydrogen-bond donors (Lipinski definition) is 1. The van der Waals surface area contributed by atoms with Gasteiger partial charge in [-0.2, -0.15) is 0 Å². The van der Waals surface area contributed by atoms with E-state index in [9.17, 15) is 4.79 Å². The van der Waals surface area contributed by atoms with E-state index < -0.39 is 0 Å². The molecule has 3 aliphatic rings. The lowest BCUT2D eigenvalue weighted by Crippen LogP contribution is -2.33. The number of rotatable bonds is 5. The number of benzene rings is 1. The number of nitrogens with zero attached hydrogens (tertiary/aromatic N) is 3.